The van der Waals surface area contributed by atoms with Crippen LogP contribution in [0.1, 0.15) is 18.3 Å². The first-order valence-corrected chi connectivity index (χ1v) is 8.04. The lowest BCUT2D eigenvalue weighted by molar-refractivity contribution is -0.137. The van der Waals surface area contributed by atoms with Crippen LogP contribution in [0.4, 0.5) is 4.39 Å². The van der Waals surface area contributed by atoms with E-state index in [1.54, 1.807) is 24.5 Å². The number of aryl methyl sites for hydroxylation is 1. The van der Waals surface area contributed by atoms with E-state index in [1.807, 2.05) is 23.6 Å². The van der Waals surface area contributed by atoms with Crippen LogP contribution in [0.3, 0.4) is 0 Å². The number of aromatic nitrogens is 3. The normalized spacial score (nSPS) is 16.9. The topological polar surface area (TPSA) is 57.0 Å². The first kappa shape index (κ1) is 15.5. The Balaban J connectivity index is 1.92. The number of hydrogen-bond donors (Lipinski definition) is 0. The van der Waals surface area contributed by atoms with Gasteiger partial charge in [-0.2, -0.15) is 0 Å². The Kier molecular flexibility index (Phi) is 3.80. The van der Waals surface area contributed by atoms with Gasteiger partial charge >= 0.3 is 5.97 Å². The Morgan fingerprint density at radius 2 is 1.84 bits per heavy atom. The molecule has 4 rings (SSSR count). The van der Waals surface area contributed by atoms with Gasteiger partial charge in [0.15, 0.2) is 0 Å². The molecule has 1 fully saturated rings. The smallest absolute Gasteiger partial charge is 0.308 e. The molecule has 6 heteroatoms. The molecule has 0 unspecified atom stereocenters. The molecular formula is C19H16FN3O2. The molecule has 0 N–H and O–H groups in total. The third-order valence-electron chi connectivity index (χ3n) is 4.36. The lowest BCUT2D eigenvalue weighted by Gasteiger charge is -2.16. The number of ether oxygens (including phenoxy) is 1. The molecule has 5 nitrogen and oxygen atoms in total. The monoisotopic (exact) mass is 337 g/mol. The molecule has 0 radical (unpaired) electrons. The van der Waals surface area contributed by atoms with E-state index >= 15 is 0 Å². The second-order valence-electron chi connectivity index (χ2n) is 6.01. The van der Waals surface area contributed by atoms with Crippen LogP contribution in [0.15, 0.2) is 48.8 Å². The van der Waals surface area contributed by atoms with Crippen molar-refractivity contribution in [3.05, 3.63) is 60.4 Å². The molecule has 1 aliphatic heterocycles. The SMILES string of the molecule is Cc1nc(-c2ccc(F)cc2)c(-c2ccncc2)n1[C@H]1COC(=O)C1. The van der Waals surface area contributed by atoms with Crippen LogP contribution in [0.25, 0.3) is 22.5 Å². The number of hydrogen-bond acceptors (Lipinski definition) is 4. The van der Waals surface area contributed by atoms with Crippen LogP contribution < -0.4 is 0 Å². The highest BCUT2D eigenvalue weighted by atomic mass is 19.1. The average Bonchev–Trinajstić information content (AvgIpc) is 3.19. The molecule has 0 aliphatic carbocycles. The molecule has 1 aromatic carbocycles. The number of carbonyl (C=O) groups excluding carboxylic acids is 1. The summed E-state index contributed by atoms with van der Waals surface area (Å²) in [6.07, 6.45) is 3.75. The van der Waals surface area contributed by atoms with Gasteiger partial charge in [-0.15, -0.1) is 0 Å². The van der Waals surface area contributed by atoms with E-state index in [0.717, 1.165) is 28.3 Å². The zero-order valence-corrected chi connectivity index (χ0v) is 13.6. The van der Waals surface area contributed by atoms with Crippen molar-refractivity contribution in [1.29, 1.82) is 0 Å². The summed E-state index contributed by atoms with van der Waals surface area (Å²) >= 11 is 0. The zero-order chi connectivity index (χ0) is 17.4. The van der Waals surface area contributed by atoms with Gasteiger partial charge in [-0.25, -0.2) is 9.37 Å². The van der Waals surface area contributed by atoms with Gasteiger partial charge in [-0.1, -0.05) is 0 Å². The van der Waals surface area contributed by atoms with Crippen LogP contribution >= 0.6 is 0 Å². The summed E-state index contributed by atoms with van der Waals surface area (Å²) in [5, 5.41) is 0. The van der Waals surface area contributed by atoms with Gasteiger partial charge in [-0.3, -0.25) is 9.78 Å². The summed E-state index contributed by atoms with van der Waals surface area (Å²) < 4.78 is 20.5. The molecule has 1 aliphatic rings. The molecule has 1 atom stereocenters. The molecular weight excluding hydrogens is 321 g/mol. The van der Waals surface area contributed by atoms with E-state index < -0.39 is 0 Å². The van der Waals surface area contributed by atoms with Crippen LogP contribution in [0, 0.1) is 12.7 Å². The summed E-state index contributed by atoms with van der Waals surface area (Å²) in [6, 6.07) is 9.96. The van der Waals surface area contributed by atoms with Crippen molar-refractivity contribution < 1.29 is 13.9 Å². The van der Waals surface area contributed by atoms with Gasteiger partial charge in [-0.05, 0) is 43.3 Å². The highest BCUT2D eigenvalue weighted by Gasteiger charge is 2.30. The van der Waals surface area contributed by atoms with Gasteiger partial charge in [0.25, 0.3) is 0 Å². The lowest BCUT2D eigenvalue weighted by atomic mass is 10.0. The molecule has 0 amide bonds. The number of nitrogens with zero attached hydrogens (tertiary/aromatic N) is 3. The maximum Gasteiger partial charge on any atom is 0.308 e. The lowest BCUT2D eigenvalue weighted by Crippen LogP contribution is -2.12. The predicted octanol–water partition coefficient (Wildman–Crippen LogP) is 3.55. The second-order valence-corrected chi connectivity index (χ2v) is 6.01. The molecule has 126 valence electrons. The third kappa shape index (κ3) is 2.80. The first-order chi connectivity index (χ1) is 12.1. The molecule has 0 saturated carbocycles. The van der Waals surface area contributed by atoms with E-state index in [1.165, 1.54) is 12.1 Å². The Labute approximate surface area is 144 Å². The van der Waals surface area contributed by atoms with Gasteiger partial charge in [0, 0.05) is 23.5 Å². The van der Waals surface area contributed by atoms with Crippen molar-refractivity contribution >= 4 is 5.97 Å². The third-order valence-corrected chi connectivity index (χ3v) is 4.36. The summed E-state index contributed by atoms with van der Waals surface area (Å²) in [4.78, 5) is 20.4. The number of cyclic esters (lactones) is 1. The molecule has 0 bridgehead atoms. The fourth-order valence-corrected chi connectivity index (χ4v) is 3.25. The van der Waals surface area contributed by atoms with Crippen LogP contribution in [-0.4, -0.2) is 27.1 Å². The van der Waals surface area contributed by atoms with Crippen molar-refractivity contribution in [2.45, 2.75) is 19.4 Å². The maximum atomic E-state index is 13.3. The first-order valence-electron chi connectivity index (χ1n) is 8.04. The largest absolute Gasteiger partial charge is 0.463 e. The van der Waals surface area contributed by atoms with E-state index in [-0.39, 0.29) is 17.8 Å². The van der Waals surface area contributed by atoms with Crippen molar-refractivity contribution in [1.82, 2.24) is 14.5 Å². The second kappa shape index (κ2) is 6.12. The number of rotatable bonds is 3. The maximum absolute atomic E-state index is 13.3. The molecule has 2 aromatic heterocycles. The molecule has 1 saturated heterocycles. The number of benzene rings is 1. The minimum Gasteiger partial charge on any atom is -0.463 e. The summed E-state index contributed by atoms with van der Waals surface area (Å²) in [6.45, 7) is 2.23. The van der Waals surface area contributed by atoms with Crippen molar-refractivity contribution in [2.24, 2.45) is 0 Å². The van der Waals surface area contributed by atoms with Gasteiger partial charge in [0.2, 0.25) is 0 Å². The zero-order valence-electron chi connectivity index (χ0n) is 13.6. The molecule has 3 aromatic rings. The van der Waals surface area contributed by atoms with Crippen molar-refractivity contribution in [3.8, 4) is 22.5 Å². The van der Waals surface area contributed by atoms with Crippen molar-refractivity contribution in [2.75, 3.05) is 6.61 Å². The summed E-state index contributed by atoms with van der Waals surface area (Å²) in [7, 11) is 0. The van der Waals surface area contributed by atoms with Gasteiger partial charge in [0.1, 0.15) is 18.2 Å². The average molecular weight is 337 g/mol. The fourth-order valence-electron chi connectivity index (χ4n) is 3.25. The number of pyridine rings is 1. The van der Waals surface area contributed by atoms with Gasteiger partial charge in [0.05, 0.1) is 23.9 Å². The highest BCUT2D eigenvalue weighted by Crippen LogP contribution is 2.36. The summed E-state index contributed by atoms with van der Waals surface area (Å²) in [5.74, 6) is 0.289. The minimum absolute atomic E-state index is 0.0997. The number of halogens is 1. The van der Waals surface area contributed by atoms with E-state index in [9.17, 15) is 9.18 Å². The number of esters is 1. The molecule has 0 spiro atoms. The van der Waals surface area contributed by atoms with E-state index in [4.69, 9.17) is 9.72 Å². The predicted molar refractivity (Wildman–Crippen MR) is 90.2 cm³/mol. The minimum atomic E-state index is -0.292. The van der Waals surface area contributed by atoms with Crippen LogP contribution in [-0.2, 0) is 9.53 Å². The molecule has 25 heavy (non-hydrogen) atoms. The van der Waals surface area contributed by atoms with E-state index in [0.29, 0.717) is 13.0 Å². The highest BCUT2D eigenvalue weighted by molar-refractivity contribution is 5.80. The Hall–Kier alpha value is -3.02. The Bertz CT molecular complexity index is 920. The fraction of sp³-hybridized carbons (Fsp3) is 0.211. The number of imidazole rings is 1. The molecule has 3 heterocycles. The van der Waals surface area contributed by atoms with Crippen molar-refractivity contribution in [3.63, 3.8) is 0 Å². The standard InChI is InChI=1S/C19H16FN3O2/c1-12-22-18(13-2-4-15(20)5-3-13)19(14-6-8-21-9-7-14)23(12)16-10-17(24)25-11-16/h2-9,16H,10-11H2,1H3/t16-/m1/s1. The Morgan fingerprint density at radius 1 is 1.12 bits per heavy atom. The van der Waals surface area contributed by atoms with Crippen LogP contribution in [0.2, 0.25) is 0 Å². The Morgan fingerprint density at radius 3 is 2.48 bits per heavy atom. The van der Waals surface area contributed by atoms with Gasteiger partial charge < -0.3 is 9.30 Å². The summed E-state index contributed by atoms with van der Waals surface area (Å²) in [5.41, 5.74) is 3.40. The van der Waals surface area contributed by atoms with E-state index in [2.05, 4.69) is 4.98 Å². The number of carbonyl (C=O) groups is 1. The van der Waals surface area contributed by atoms with Crippen LogP contribution in [0.5, 0.6) is 0 Å². The quantitative estimate of drug-likeness (QED) is 0.686.